The van der Waals surface area contributed by atoms with Gasteiger partial charge in [-0.15, -0.1) is 0 Å². The first kappa shape index (κ1) is 38.3. The van der Waals surface area contributed by atoms with Crippen LogP contribution >= 0.6 is 0 Å². The molecule has 0 aromatic heterocycles. The van der Waals surface area contributed by atoms with Crippen LogP contribution in [0.25, 0.3) is 0 Å². The molecule has 1 amide bonds. The van der Waals surface area contributed by atoms with Crippen molar-refractivity contribution in [2.75, 3.05) is 5.75 Å². The predicted molar refractivity (Wildman–Crippen MR) is 166 cm³/mol. The van der Waals surface area contributed by atoms with Gasteiger partial charge in [0, 0.05) is 6.42 Å². The second-order valence-electron chi connectivity index (χ2n) is 11.8. The maximum absolute atomic E-state index is 12.4. The molecule has 6 nitrogen and oxygen atoms in total. The van der Waals surface area contributed by atoms with Crippen LogP contribution in [0.15, 0.2) is 0 Å². The second-order valence-corrected chi connectivity index (χ2v) is 13.3. The highest BCUT2D eigenvalue weighted by Crippen LogP contribution is 2.15. The highest BCUT2D eigenvalue weighted by molar-refractivity contribution is 7.85. The number of hydrogen-bond donors (Lipinski definition) is 3. The van der Waals surface area contributed by atoms with E-state index in [-0.39, 0.29) is 5.91 Å². The largest absolute Gasteiger partial charge is 0.391 e. The summed E-state index contributed by atoms with van der Waals surface area (Å²) >= 11 is 0. The minimum atomic E-state index is -4.29. The van der Waals surface area contributed by atoms with E-state index in [1.54, 1.807) is 0 Å². The van der Waals surface area contributed by atoms with Crippen LogP contribution in [0.2, 0.25) is 0 Å². The molecule has 0 radical (unpaired) electrons. The number of nitrogens with one attached hydrogen (secondary N) is 1. The molecule has 234 valence electrons. The first-order valence-electron chi connectivity index (χ1n) is 16.7. The topological polar surface area (TPSA) is 104 Å². The lowest BCUT2D eigenvalue weighted by molar-refractivity contribution is -0.122. The number of carbonyl (C=O) groups excluding carboxylic acids is 1. The molecule has 0 fully saturated rings. The summed E-state index contributed by atoms with van der Waals surface area (Å²) in [7, 11) is -4.29. The van der Waals surface area contributed by atoms with E-state index < -0.39 is 28.0 Å². The molecule has 7 heteroatoms. The van der Waals surface area contributed by atoms with Gasteiger partial charge in [0.2, 0.25) is 5.91 Å². The Hall–Kier alpha value is -0.660. The van der Waals surface area contributed by atoms with Crippen molar-refractivity contribution in [3.63, 3.8) is 0 Å². The van der Waals surface area contributed by atoms with Gasteiger partial charge in [0.25, 0.3) is 10.1 Å². The standard InChI is InChI=1S/C32H65NO5S/c1-3-5-7-9-11-13-15-16-17-18-19-21-23-25-27-31(34)30(29-39(36,37)38)33-32(35)28-26-24-22-20-14-12-10-8-6-4-2/h30-31,34H,3-29H2,1-2H3,(H,33,35)(H,36,37,38). The summed E-state index contributed by atoms with van der Waals surface area (Å²) in [5.41, 5.74) is 0. The number of carbonyl (C=O) groups is 1. The smallest absolute Gasteiger partial charge is 0.266 e. The number of aliphatic hydroxyl groups excluding tert-OH is 1. The summed E-state index contributed by atoms with van der Waals surface area (Å²) in [5, 5.41) is 13.2. The number of unbranched alkanes of at least 4 members (excludes halogenated alkanes) is 22. The Labute approximate surface area is 242 Å². The third kappa shape index (κ3) is 28.7. The van der Waals surface area contributed by atoms with Gasteiger partial charge in [-0.2, -0.15) is 8.42 Å². The van der Waals surface area contributed by atoms with Gasteiger partial charge in [0.15, 0.2) is 0 Å². The van der Waals surface area contributed by atoms with E-state index in [1.807, 2.05) is 0 Å². The molecule has 2 unspecified atom stereocenters. The van der Waals surface area contributed by atoms with Crippen molar-refractivity contribution in [1.82, 2.24) is 5.32 Å². The summed E-state index contributed by atoms with van der Waals surface area (Å²) in [4.78, 5) is 12.4. The summed E-state index contributed by atoms with van der Waals surface area (Å²) in [6.45, 7) is 4.48. The van der Waals surface area contributed by atoms with Gasteiger partial charge in [-0.05, 0) is 12.8 Å². The summed E-state index contributed by atoms with van der Waals surface area (Å²) in [5.74, 6) is -0.889. The molecule has 0 aliphatic heterocycles. The van der Waals surface area contributed by atoms with Crippen molar-refractivity contribution in [3.8, 4) is 0 Å². The molecule has 0 saturated heterocycles. The van der Waals surface area contributed by atoms with Crippen LogP contribution in [0, 0.1) is 0 Å². The van der Waals surface area contributed by atoms with Crippen LogP contribution in [-0.4, -0.2) is 41.9 Å². The first-order chi connectivity index (χ1) is 18.8. The van der Waals surface area contributed by atoms with Gasteiger partial charge >= 0.3 is 0 Å². The highest BCUT2D eigenvalue weighted by Gasteiger charge is 2.26. The predicted octanol–water partition coefficient (Wildman–Crippen LogP) is 8.90. The third-order valence-corrected chi connectivity index (χ3v) is 8.59. The molecule has 0 heterocycles. The Morgan fingerprint density at radius 3 is 1.28 bits per heavy atom. The lowest BCUT2D eigenvalue weighted by Gasteiger charge is -2.23. The van der Waals surface area contributed by atoms with Crippen LogP contribution in [0.5, 0.6) is 0 Å². The van der Waals surface area contributed by atoms with E-state index in [0.29, 0.717) is 12.8 Å². The van der Waals surface area contributed by atoms with Gasteiger partial charge in [0.05, 0.1) is 17.9 Å². The van der Waals surface area contributed by atoms with Gasteiger partial charge in [-0.3, -0.25) is 9.35 Å². The van der Waals surface area contributed by atoms with Crippen LogP contribution in [0.1, 0.15) is 181 Å². The number of aliphatic hydroxyl groups is 1. The molecule has 0 bridgehead atoms. The molecule has 39 heavy (non-hydrogen) atoms. The Balaban J connectivity index is 3.94. The fourth-order valence-corrected chi connectivity index (χ4v) is 6.04. The zero-order chi connectivity index (χ0) is 29.0. The number of hydrogen-bond acceptors (Lipinski definition) is 4. The Kier molecular flexibility index (Phi) is 27.0. The molecular formula is C32H65NO5S. The molecule has 0 aliphatic rings. The molecular weight excluding hydrogens is 510 g/mol. The fourth-order valence-electron chi connectivity index (χ4n) is 5.28. The molecule has 3 N–H and O–H groups in total. The molecule has 2 atom stereocenters. The van der Waals surface area contributed by atoms with Crippen molar-refractivity contribution in [2.45, 2.75) is 193 Å². The van der Waals surface area contributed by atoms with Gasteiger partial charge in [-0.1, -0.05) is 162 Å². The van der Waals surface area contributed by atoms with E-state index >= 15 is 0 Å². The normalized spacial score (nSPS) is 13.4. The van der Waals surface area contributed by atoms with E-state index in [0.717, 1.165) is 38.5 Å². The van der Waals surface area contributed by atoms with Crippen molar-refractivity contribution < 1.29 is 22.9 Å². The van der Waals surface area contributed by atoms with Gasteiger partial charge < -0.3 is 10.4 Å². The minimum Gasteiger partial charge on any atom is -0.391 e. The second kappa shape index (κ2) is 27.5. The maximum atomic E-state index is 12.4. The average molecular weight is 576 g/mol. The quantitative estimate of drug-likeness (QED) is 0.0586. The molecule has 0 aromatic carbocycles. The zero-order valence-electron chi connectivity index (χ0n) is 25.8. The zero-order valence-corrected chi connectivity index (χ0v) is 26.6. The Morgan fingerprint density at radius 2 is 0.923 bits per heavy atom. The van der Waals surface area contributed by atoms with Crippen molar-refractivity contribution in [3.05, 3.63) is 0 Å². The minimum absolute atomic E-state index is 0.247. The maximum Gasteiger partial charge on any atom is 0.266 e. The molecule has 0 spiro atoms. The summed E-state index contributed by atoms with van der Waals surface area (Å²) in [6.07, 6.45) is 29.0. The van der Waals surface area contributed by atoms with Crippen LogP contribution in [0.3, 0.4) is 0 Å². The van der Waals surface area contributed by atoms with Gasteiger partial charge in [0.1, 0.15) is 0 Å². The average Bonchev–Trinajstić information content (AvgIpc) is 2.88. The molecule has 0 aromatic rings. The lowest BCUT2D eigenvalue weighted by atomic mass is 10.0. The Bertz CT molecular complexity index is 640. The number of amides is 1. The molecule has 0 rings (SSSR count). The van der Waals surface area contributed by atoms with Gasteiger partial charge in [-0.25, -0.2) is 0 Å². The number of rotatable bonds is 30. The van der Waals surface area contributed by atoms with E-state index in [1.165, 1.54) is 116 Å². The summed E-state index contributed by atoms with van der Waals surface area (Å²) < 4.78 is 32.3. The van der Waals surface area contributed by atoms with E-state index in [9.17, 15) is 22.9 Å². The third-order valence-electron chi connectivity index (χ3n) is 7.81. The summed E-state index contributed by atoms with van der Waals surface area (Å²) in [6, 6.07) is -0.961. The van der Waals surface area contributed by atoms with E-state index in [2.05, 4.69) is 19.2 Å². The molecule has 0 saturated carbocycles. The first-order valence-corrected chi connectivity index (χ1v) is 18.3. The van der Waals surface area contributed by atoms with Crippen molar-refractivity contribution in [1.29, 1.82) is 0 Å². The van der Waals surface area contributed by atoms with Crippen LogP contribution < -0.4 is 5.32 Å². The highest BCUT2D eigenvalue weighted by atomic mass is 32.2. The molecule has 0 aliphatic carbocycles. The fraction of sp³-hybridized carbons (Fsp3) is 0.969. The van der Waals surface area contributed by atoms with Crippen LogP contribution in [0.4, 0.5) is 0 Å². The SMILES string of the molecule is CCCCCCCCCCCCCCCCC(O)C(CS(=O)(=O)O)NC(=O)CCCCCCCCCCCC. The van der Waals surface area contributed by atoms with E-state index in [4.69, 9.17) is 0 Å². The monoisotopic (exact) mass is 575 g/mol. The van der Waals surface area contributed by atoms with Crippen molar-refractivity contribution in [2.24, 2.45) is 0 Å². The van der Waals surface area contributed by atoms with Crippen LogP contribution in [-0.2, 0) is 14.9 Å². The lowest BCUT2D eigenvalue weighted by Crippen LogP contribution is -2.47. The van der Waals surface area contributed by atoms with Crippen molar-refractivity contribution >= 4 is 16.0 Å². The Morgan fingerprint density at radius 1 is 0.590 bits per heavy atom.